The predicted octanol–water partition coefficient (Wildman–Crippen LogP) is 12.7. The average Bonchev–Trinajstić information content (AvgIpc) is 4.19. The van der Waals surface area contributed by atoms with Gasteiger partial charge >= 0.3 is 0 Å². The van der Waals surface area contributed by atoms with E-state index in [0.717, 1.165) is 82.9 Å². The summed E-state index contributed by atoms with van der Waals surface area (Å²) in [5.41, 5.74) is 5.42. The SMILES string of the molecule is CC[N+](CC)(CC)CCCOc1c(C)sc(C)c1C.Cc1cc(CCN2C=CN(C)C2)c(C)s1.Cc1sc(C)c(OCCN2C=CN(C)C2)c1C.Cc1sc(C)c(OCCN2C=CN(C)C2C)c1C. The van der Waals surface area contributed by atoms with Crippen molar-refractivity contribution in [2.45, 2.75) is 123 Å². The number of quaternary nitrogens is 1. The molecule has 0 fully saturated rings. The monoisotopic (exact) mass is 1020 g/mol. The van der Waals surface area contributed by atoms with Crippen LogP contribution in [0.2, 0.25) is 0 Å². The lowest BCUT2D eigenvalue weighted by Gasteiger charge is -2.35. The van der Waals surface area contributed by atoms with E-state index in [0.29, 0.717) is 6.17 Å². The maximum absolute atomic E-state index is 6.02. The van der Waals surface area contributed by atoms with Gasteiger partial charge in [-0.2, -0.15) is 0 Å². The Morgan fingerprint density at radius 2 is 0.971 bits per heavy atom. The molecule has 1 unspecified atom stereocenters. The zero-order chi connectivity index (χ0) is 51.0. The maximum atomic E-state index is 6.02. The number of rotatable bonds is 19. The molecule has 4 aromatic rings. The molecule has 0 aromatic carbocycles. The molecule has 7 heterocycles. The molecule has 386 valence electrons. The van der Waals surface area contributed by atoms with Crippen LogP contribution in [0.1, 0.15) is 95.4 Å². The first-order chi connectivity index (χ1) is 32.7. The second-order valence-electron chi connectivity index (χ2n) is 19.0. The number of hydrogen-bond donors (Lipinski definition) is 0. The fourth-order valence-electron chi connectivity index (χ4n) is 8.80. The number of aryl methyl sites for hydroxylation is 8. The van der Waals surface area contributed by atoms with E-state index in [1.165, 1.54) is 91.9 Å². The minimum atomic E-state index is 0.431. The van der Waals surface area contributed by atoms with E-state index in [2.05, 4.69) is 198 Å². The summed E-state index contributed by atoms with van der Waals surface area (Å²) in [5.74, 6) is 3.30. The van der Waals surface area contributed by atoms with E-state index in [4.69, 9.17) is 14.2 Å². The van der Waals surface area contributed by atoms with Gasteiger partial charge in [0.1, 0.15) is 30.5 Å². The van der Waals surface area contributed by atoms with Crippen LogP contribution in [0.3, 0.4) is 0 Å². The number of nitrogens with zero attached hydrogens (tertiary/aromatic N) is 7. The van der Waals surface area contributed by atoms with E-state index >= 15 is 0 Å². The van der Waals surface area contributed by atoms with Gasteiger partial charge in [0.15, 0.2) is 0 Å². The molecule has 0 N–H and O–H groups in total. The van der Waals surface area contributed by atoms with E-state index < -0.39 is 0 Å². The Bertz CT molecular complexity index is 2260. The van der Waals surface area contributed by atoms with Crippen LogP contribution in [0.4, 0.5) is 0 Å². The number of thiophene rings is 4. The van der Waals surface area contributed by atoms with Crippen molar-refractivity contribution in [1.29, 1.82) is 0 Å². The average molecular weight is 1030 g/mol. The molecule has 14 heteroatoms. The van der Waals surface area contributed by atoms with Crippen LogP contribution in [0.5, 0.6) is 17.2 Å². The van der Waals surface area contributed by atoms with Crippen LogP contribution in [-0.4, -0.2) is 140 Å². The molecule has 3 aliphatic heterocycles. The van der Waals surface area contributed by atoms with E-state index in [1.54, 1.807) is 0 Å². The predicted molar refractivity (Wildman–Crippen MR) is 301 cm³/mol. The van der Waals surface area contributed by atoms with Gasteiger partial charge in [0, 0.05) is 127 Å². The quantitative estimate of drug-likeness (QED) is 0.0675. The molecule has 0 radical (unpaired) electrons. The Hall–Kier alpha value is -3.82. The highest BCUT2D eigenvalue weighted by atomic mass is 32.1. The third kappa shape index (κ3) is 16.9. The van der Waals surface area contributed by atoms with Crippen molar-refractivity contribution in [1.82, 2.24) is 29.4 Å². The maximum Gasteiger partial charge on any atom is 0.136 e. The molecule has 0 saturated carbocycles. The Balaban J connectivity index is 0.000000201. The fraction of sp³-hybridized carbons (Fsp3) is 0.600. The molecule has 4 aromatic heterocycles. The third-order valence-electron chi connectivity index (χ3n) is 14.0. The van der Waals surface area contributed by atoms with Crippen molar-refractivity contribution in [3.63, 3.8) is 0 Å². The molecule has 0 bridgehead atoms. The Morgan fingerprint density at radius 1 is 0.522 bits per heavy atom. The highest BCUT2D eigenvalue weighted by Gasteiger charge is 2.21. The first kappa shape index (κ1) is 57.8. The molecule has 69 heavy (non-hydrogen) atoms. The number of ether oxygens (including phenoxy) is 3. The smallest absolute Gasteiger partial charge is 0.136 e. The molecule has 0 amide bonds. The molecule has 0 spiro atoms. The van der Waals surface area contributed by atoms with Crippen LogP contribution in [0, 0.1) is 76.2 Å². The molecule has 0 saturated heterocycles. The van der Waals surface area contributed by atoms with Crippen molar-refractivity contribution >= 4 is 45.3 Å². The molecule has 3 aliphatic rings. The standard InChI is InChI=1S/C16H30NOS.C14H22N2OS.C13H20N2OS.C12H18N2S/c1-7-17(8-2,9-3)11-10-12-18-16-13(4)14(5)19-15(16)6;1-10-11(2)18-12(3)14(10)17-9-8-16-7-6-15(5)13(16)4;1-10-11(2)17-12(3)13(10)16-8-7-15-6-5-14(4)9-15;1-10-8-12(11(2)15-10)4-5-14-7-6-13(3)9-14/h7-12H2,1-6H3;6-7,13H,8-9H2,1-5H3;5-6H,7-9H2,1-4H3;6-8H,4-5,9H2,1-3H3/q+1;;;. The first-order valence-corrected chi connectivity index (χ1v) is 28.4. The minimum absolute atomic E-state index is 0.431. The highest BCUT2D eigenvalue weighted by Crippen LogP contribution is 2.35. The second-order valence-corrected chi connectivity index (χ2v) is 24.7. The second kappa shape index (κ2) is 27.7. The van der Waals surface area contributed by atoms with Gasteiger partial charge in [-0.25, -0.2) is 0 Å². The summed E-state index contributed by atoms with van der Waals surface area (Å²) in [4.78, 5) is 24.4. The van der Waals surface area contributed by atoms with Gasteiger partial charge in [-0.3, -0.25) is 0 Å². The first-order valence-electron chi connectivity index (χ1n) is 25.1. The summed E-state index contributed by atoms with van der Waals surface area (Å²) in [6.45, 7) is 45.0. The van der Waals surface area contributed by atoms with Gasteiger partial charge in [0.05, 0.1) is 65.4 Å². The Labute approximate surface area is 435 Å². The molecule has 1 atom stereocenters. The summed E-state index contributed by atoms with van der Waals surface area (Å²) in [5, 5.41) is 0. The third-order valence-corrected chi connectivity index (χ3v) is 18.3. The summed E-state index contributed by atoms with van der Waals surface area (Å²) >= 11 is 7.39. The molecule has 10 nitrogen and oxygen atoms in total. The summed E-state index contributed by atoms with van der Waals surface area (Å²) in [6.07, 6.45) is 15.5. The minimum Gasteiger partial charge on any atom is -0.492 e. The molecule has 7 rings (SSSR count). The number of hydrogen-bond acceptors (Lipinski definition) is 13. The van der Waals surface area contributed by atoms with E-state index in [-0.39, 0.29) is 0 Å². The Kier molecular flexibility index (Phi) is 23.2. The van der Waals surface area contributed by atoms with Gasteiger partial charge in [-0.05, 0) is 122 Å². The Morgan fingerprint density at radius 3 is 1.33 bits per heavy atom. The van der Waals surface area contributed by atoms with Gasteiger partial charge in [0.2, 0.25) is 0 Å². The van der Waals surface area contributed by atoms with Gasteiger partial charge in [0.25, 0.3) is 0 Å². The van der Waals surface area contributed by atoms with Crippen molar-refractivity contribution in [2.75, 3.05) is 100 Å². The van der Waals surface area contributed by atoms with Crippen LogP contribution in [-0.2, 0) is 6.42 Å². The van der Waals surface area contributed by atoms with Crippen molar-refractivity contribution in [3.8, 4) is 17.2 Å². The van der Waals surface area contributed by atoms with E-state index in [1.807, 2.05) is 45.3 Å². The summed E-state index contributed by atoms with van der Waals surface area (Å²) < 4.78 is 19.1. The lowest BCUT2D eigenvalue weighted by Crippen LogP contribution is -2.48. The molecule has 0 aliphatic carbocycles. The van der Waals surface area contributed by atoms with Crippen LogP contribution in [0.25, 0.3) is 0 Å². The van der Waals surface area contributed by atoms with Crippen LogP contribution >= 0.6 is 45.3 Å². The zero-order valence-corrected chi connectivity index (χ0v) is 49.3. The zero-order valence-electron chi connectivity index (χ0n) is 46.0. The van der Waals surface area contributed by atoms with Gasteiger partial charge in [-0.15, -0.1) is 45.3 Å². The van der Waals surface area contributed by atoms with Gasteiger partial charge < -0.3 is 48.1 Å². The largest absolute Gasteiger partial charge is 0.492 e. The van der Waals surface area contributed by atoms with E-state index in [9.17, 15) is 0 Å². The van der Waals surface area contributed by atoms with Crippen molar-refractivity contribution in [3.05, 3.63) is 105 Å². The summed E-state index contributed by atoms with van der Waals surface area (Å²) in [6, 6.07) is 2.32. The van der Waals surface area contributed by atoms with Crippen molar-refractivity contribution < 1.29 is 18.7 Å². The van der Waals surface area contributed by atoms with Crippen LogP contribution < -0.4 is 14.2 Å². The lowest BCUT2D eigenvalue weighted by atomic mass is 10.2. The fourth-order valence-corrected chi connectivity index (χ4v) is 12.8. The van der Waals surface area contributed by atoms with Crippen molar-refractivity contribution in [2.24, 2.45) is 0 Å². The topological polar surface area (TPSA) is 47.1 Å². The van der Waals surface area contributed by atoms with Gasteiger partial charge in [-0.1, -0.05) is 0 Å². The highest BCUT2D eigenvalue weighted by molar-refractivity contribution is 7.13. The normalized spacial score (nSPS) is 15.2. The summed E-state index contributed by atoms with van der Waals surface area (Å²) in [7, 11) is 6.28. The molecular formula is C55H90N7O3S4+. The van der Waals surface area contributed by atoms with Crippen LogP contribution in [0.15, 0.2) is 43.3 Å². The lowest BCUT2D eigenvalue weighted by molar-refractivity contribution is -0.923. The molecular weight excluding hydrogens is 935 g/mol.